The summed E-state index contributed by atoms with van der Waals surface area (Å²) in [5.41, 5.74) is 1.37. The molecule has 3 heteroatoms. The van der Waals surface area contributed by atoms with E-state index in [0.717, 1.165) is 19.1 Å². The van der Waals surface area contributed by atoms with Crippen LogP contribution in [0.15, 0.2) is 18.3 Å². The number of pyridine rings is 1. The standard InChI is InChI=1S/C16H25N3/c1-3-13(2)14-6-7-16(17-11-14)19-10-9-18-8-4-5-15(18)12-19/h6-7,11,13,15H,3-5,8-10,12H2,1-2H3/t13-,15-/m0/s1. The number of aromatic nitrogens is 1. The van der Waals surface area contributed by atoms with Gasteiger partial charge in [0.2, 0.25) is 0 Å². The molecule has 19 heavy (non-hydrogen) atoms. The molecule has 3 rings (SSSR count). The van der Waals surface area contributed by atoms with Crippen LogP contribution in [-0.4, -0.2) is 42.1 Å². The zero-order chi connectivity index (χ0) is 13.2. The van der Waals surface area contributed by atoms with Crippen molar-refractivity contribution in [1.82, 2.24) is 9.88 Å². The number of piperazine rings is 1. The van der Waals surface area contributed by atoms with Crippen molar-refractivity contribution in [3.63, 3.8) is 0 Å². The molecular weight excluding hydrogens is 234 g/mol. The number of hydrogen-bond donors (Lipinski definition) is 0. The smallest absolute Gasteiger partial charge is 0.128 e. The Morgan fingerprint density at radius 2 is 2.21 bits per heavy atom. The lowest BCUT2D eigenvalue weighted by molar-refractivity contribution is 0.230. The number of nitrogens with zero attached hydrogens (tertiary/aromatic N) is 3. The Labute approximate surface area is 116 Å². The van der Waals surface area contributed by atoms with Crippen LogP contribution in [0, 0.1) is 0 Å². The highest BCUT2D eigenvalue weighted by Crippen LogP contribution is 2.25. The highest BCUT2D eigenvalue weighted by molar-refractivity contribution is 5.41. The van der Waals surface area contributed by atoms with Crippen molar-refractivity contribution in [3.05, 3.63) is 23.9 Å². The SMILES string of the molecule is CC[C@H](C)c1ccc(N2CCN3CCC[C@H]3C2)nc1. The van der Waals surface area contributed by atoms with Crippen LogP contribution in [0.2, 0.25) is 0 Å². The molecule has 0 saturated carbocycles. The van der Waals surface area contributed by atoms with E-state index in [1.165, 1.54) is 43.7 Å². The Balaban J connectivity index is 1.69. The molecule has 3 heterocycles. The molecule has 0 bridgehead atoms. The number of rotatable bonds is 3. The highest BCUT2D eigenvalue weighted by Gasteiger charge is 2.30. The predicted octanol–water partition coefficient (Wildman–Crippen LogP) is 2.88. The summed E-state index contributed by atoms with van der Waals surface area (Å²) in [5, 5.41) is 0. The zero-order valence-electron chi connectivity index (χ0n) is 12.2. The molecular formula is C16H25N3. The Bertz CT molecular complexity index is 415. The van der Waals surface area contributed by atoms with Gasteiger partial charge < -0.3 is 4.90 Å². The quantitative estimate of drug-likeness (QED) is 0.832. The molecule has 2 aliphatic rings. The summed E-state index contributed by atoms with van der Waals surface area (Å²) in [6.07, 6.45) is 5.99. The van der Waals surface area contributed by atoms with Gasteiger partial charge in [0.15, 0.2) is 0 Å². The van der Waals surface area contributed by atoms with Crippen LogP contribution in [-0.2, 0) is 0 Å². The van der Waals surface area contributed by atoms with Gasteiger partial charge in [0.1, 0.15) is 5.82 Å². The third kappa shape index (κ3) is 2.62. The molecule has 0 unspecified atom stereocenters. The fourth-order valence-electron chi connectivity index (χ4n) is 3.31. The van der Waals surface area contributed by atoms with Crippen LogP contribution in [0.25, 0.3) is 0 Å². The van der Waals surface area contributed by atoms with E-state index in [9.17, 15) is 0 Å². The van der Waals surface area contributed by atoms with Gasteiger partial charge in [-0.1, -0.05) is 19.9 Å². The second kappa shape index (κ2) is 5.49. The van der Waals surface area contributed by atoms with Gasteiger partial charge >= 0.3 is 0 Å². The first kappa shape index (κ1) is 12.9. The third-order valence-corrected chi connectivity index (χ3v) is 4.86. The predicted molar refractivity (Wildman–Crippen MR) is 79.8 cm³/mol. The minimum Gasteiger partial charge on any atom is -0.354 e. The highest BCUT2D eigenvalue weighted by atomic mass is 15.3. The molecule has 0 aliphatic carbocycles. The van der Waals surface area contributed by atoms with Gasteiger partial charge in [-0.15, -0.1) is 0 Å². The van der Waals surface area contributed by atoms with Crippen molar-refractivity contribution < 1.29 is 0 Å². The molecule has 0 aromatic carbocycles. The van der Waals surface area contributed by atoms with Crippen LogP contribution >= 0.6 is 0 Å². The lowest BCUT2D eigenvalue weighted by atomic mass is 10.0. The number of fused-ring (bicyclic) bond motifs is 1. The van der Waals surface area contributed by atoms with Crippen molar-refractivity contribution >= 4 is 5.82 Å². The average molecular weight is 259 g/mol. The molecule has 0 radical (unpaired) electrons. The Hall–Kier alpha value is -1.09. The van der Waals surface area contributed by atoms with E-state index in [1.807, 2.05) is 0 Å². The van der Waals surface area contributed by atoms with Gasteiger partial charge in [-0.25, -0.2) is 4.98 Å². The Morgan fingerprint density at radius 3 is 2.95 bits per heavy atom. The first-order valence-corrected chi connectivity index (χ1v) is 7.73. The molecule has 2 saturated heterocycles. The van der Waals surface area contributed by atoms with Gasteiger partial charge in [0.05, 0.1) is 0 Å². The normalized spacial score (nSPS) is 25.4. The summed E-state index contributed by atoms with van der Waals surface area (Å²) >= 11 is 0. The van der Waals surface area contributed by atoms with E-state index in [1.54, 1.807) is 0 Å². The van der Waals surface area contributed by atoms with E-state index < -0.39 is 0 Å². The van der Waals surface area contributed by atoms with E-state index in [-0.39, 0.29) is 0 Å². The lowest BCUT2D eigenvalue weighted by Crippen LogP contribution is -2.50. The first-order chi connectivity index (χ1) is 9.28. The molecule has 104 valence electrons. The molecule has 0 spiro atoms. The summed E-state index contributed by atoms with van der Waals surface area (Å²) in [4.78, 5) is 9.80. The Kier molecular flexibility index (Phi) is 3.74. The van der Waals surface area contributed by atoms with Crippen molar-refractivity contribution in [3.8, 4) is 0 Å². The van der Waals surface area contributed by atoms with Gasteiger partial charge in [-0.2, -0.15) is 0 Å². The van der Waals surface area contributed by atoms with Crippen LogP contribution < -0.4 is 4.90 Å². The second-order valence-electron chi connectivity index (χ2n) is 6.04. The topological polar surface area (TPSA) is 19.4 Å². The van der Waals surface area contributed by atoms with E-state index in [2.05, 4.69) is 42.0 Å². The molecule has 1 aromatic rings. The van der Waals surface area contributed by atoms with Crippen molar-refractivity contribution in [2.45, 2.75) is 45.1 Å². The van der Waals surface area contributed by atoms with Gasteiger partial charge in [-0.3, -0.25) is 4.90 Å². The molecule has 1 aromatic heterocycles. The van der Waals surface area contributed by atoms with Crippen LogP contribution in [0.1, 0.15) is 44.6 Å². The summed E-state index contributed by atoms with van der Waals surface area (Å²) < 4.78 is 0. The third-order valence-electron chi connectivity index (χ3n) is 4.86. The molecule has 0 amide bonds. The zero-order valence-corrected chi connectivity index (χ0v) is 12.2. The van der Waals surface area contributed by atoms with Crippen molar-refractivity contribution in [2.24, 2.45) is 0 Å². The van der Waals surface area contributed by atoms with Gasteiger partial charge in [0, 0.05) is 31.9 Å². The van der Waals surface area contributed by atoms with Crippen LogP contribution in [0.3, 0.4) is 0 Å². The minimum atomic E-state index is 0.619. The number of anilines is 1. The maximum absolute atomic E-state index is 4.69. The minimum absolute atomic E-state index is 0.619. The van der Waals surface area contributed by atoms with Gasteiger partial charge in [-0.05, 0) is 43.4 Å². The lowest BCUT2D eigenvalue weighted by Gasteiger charge is -2.38. The fourth-order valence-corrected chi connectivity index (χ4v) is 3.31. The van der Waals surface area contributed by atoms with Crippen molar-refractivity contribution in [2.75, 3.05) is 31.1 Å². The van der Waals surface area contributed by atoms with E-state index in [0.29, 0.717) is 5.92 Å². The maximum Gasteiger partial charge on any atom is 0.128 e. The van der Waals surface area contributed by atoms with Crippen LogP contribution in [0.5, 0.6) is 0 Å². The average Bonchev–Trinajstić information content (AvgIpc) is 2.94. The molecule has 2 atom stereocenters. The van der Waals surface area contributed by atoms with Crippen molar-refractivity contribution in [1.29, 1.82) is 0 Å². The molecule has 2 aliphatic heterocycles. The summed E-state index contributed by atoms with van der Waals surface area (Å²) in [6.45, 7) is 9.31. The summed E-state index contributed by atoms with van der Waals surface area (Å²) in [7, 11) is 0. The number of hydrogen-bond acceptors (Lipinski definition) is 3. The maximum atomic E-state index is 4.69. The van der Waals surface area contributed by atoms with Gasteiger partial charge in [0.25, 0.3) is 0 Å². The summed E-state index contributed by atoms with van der Waals surface area (Å²) in [6, 6.07) is 5.24. The molecule has 3 nitrogen and oxygen atoms in total. The second-order valence-corrected chi connectivity index (χ2v) is 6.04. The van der Waals surface area contributed by atoms with E-state index >= 15 is 0 Å². The fraction of sp³-hybridized carbons (Fsp3) is 0.688. The summed E-state index contributed by atoms with van der Waals surface area (Å²) in [5.74, 6) is 1.78. The Morgan fingerprint density at radius 1 is 1.32 bits per heavy atom. The van der Waals surface area contributed by atoms with E-state index in [4.69, 9.17) is 4.98 Å². The monoisotopic (exact) mass is 259 g/mol. The molecule has 0 N–H and O–H groups in total. The largest absolute Gasteiger partial charge is 0.354 e. The van der Waals surface area contributed by atoms with Crippen LogP contribution in [0.4, 0.5) is 5.82 Å². The molecule has 2 fully saturated rings. The first-order valence-electron chi connectivity index (χ1n) is 7.73.